The Labute approximate surface area is 236 Å². The minimum Gasteiger partial charge on any atom is -0.396 e. The lowest BCUT2D eigenvalue weighted by atomic mass is 9.82. The fourth-order valence-electron chi connectivity index (χ4n) is 5.79. The van der Waals surface area contributed by atoms with E-state index >= 15 is 0 Å². The van der Waals surface area contributed by atoms with Gasteiger partial charge in [0.2, 0.25) is 0 Å². The average molecular weight is 585 g/mol. The van der Waals surface area contributed by atoms with E-state index in [0.717, 1.165) is 84.8 Å². The van der Waals surface area contributed by atoms with Crippen molar-refractivity contribution in [3.05, 3.63) is 57.1 Å². The Hall–Kier alpha value is -2.32. The van der Waals surface area contributed by atoms with Crippen molar-refractivity contribution in [3.8, 4) is 0 Å². The minimum absolute atomic E-state index is 0.0716. The van der Waals surface area contributed by atoms with Crippen molar-refractivity contribution in [2.75, 3.05) is 32.8 Å². The summed E-state index contributed by atoms with van der Waals surface area (Å²) in [5.41, 5.74) is 4.54. The number of aryl methyl sites for hydroxylation is 2. The maximum absolute atomic E-state index is 13.5. The molecule has 3 heterocycles. The van der Waals surface area contributed by atoms with Gasteiger partial charge in [-0.25, -0.2) is 9.97 Å². The number of halogens is 1. The zero-order valence-electron chi connectivity index (χ0n) is 23.8. The largest absolute Gasteiger partial charge is 0.396 e. The summed E-state index contributed by atoms with van der Waals surface area (Å²) in [6.45, 7) is 16.5. The van der Waals surface area contributed by atoms with Gasteiger partial charge in [0.25, 0.3) is 5.91 Å². The molecule has 2 fully saturated rings. The normalized spacial score (nSPS) is 19.2. The zero-order valence-corrected chi connectivity index (χ0v) is 25.3. The lowest BCUT2D eigenvalue weighted by molar-refractivity contribution is 0.0161. The van der Waals surface area contributed by atoms with Crippen LogP contribution in [0.1, 0.15) is 92.4 Å². The van der Waals surface area contributed by atoms with Crippen molar-refractivity contribution in [1.29, 1.82) is 0 Å². The minimum atomic E-state index is 0.0716. The number of aromatic nitrogens is 2. The smallest absolute Gasteiger partial charge is 0.257 e. The molecule has 38 heavy (non-hydrogen) atoms. The summed E-state index contributed by atoms with van der Waals surface area (Å²) in [6, 6.07) is 8.37. The number of nitrogens with zero attached hydrogens (tertiary/aromatic N) is 5. The van der Waals surface area contributed by atoms with Crippen LogP contribution in [0.3, 0.4) is 0 Å². The van der Waals surface area contributed by atoms with E-state index < -0.39 is 0 Å². The lowest BCUT2D eigenvalue weighted by Gasteiger charge is -2.49. The predicted molar refractivity (Wildman–Crippen MR) is 156 cm³/mol. The van der Waals surface area contributed by atoms with Gasteiger partial charge in [-0.2, -0.15) is 0 Å². The first-order chi connectivity index (χ1) is 18.1. The van der Waals surface area contributed by atoms with E-state index in [-0.39, 0.29) is 17.4 Å². The van der Waals surface area contributed by atoms with Crippen molar-refractivity contribution in [1.82, 2.24) is 19.8 Å². The van der Waals surface area contributed by atoms with Crippen molar-refractivity contribution < 1.29 is 9.63 Å². The second kappa shape index (κ2) is 12.2. The molecule has 0 aliphatic carbocycles. The van der Waals surface area contributed by atoms with Crippen LogP contribution in [0.25, 0.3) is 0 Å². The summed E-state index contributed by atoms with van der Waals surface area (Å²) in [4.78, 5) is 32.9. The first kappa shape index (κ1) is 28.7. The Morgan fingerprint density at radius 2 is 1.66 bits per heavy atom. The molecule has 4 rings (SSSR count). The van der Waals surface area contributed by atoms with Crippen LogP contribution in [0, 0.1) is 19.8 Å². The third-order valence-corrected chi connectivity index (χ3v) is 8.75. The molecule has 1 amide bonds. The van der Waals surface area contributed by atoms with Crippen LogP contribution < -0.4 is 0 Å². The number of carbonyl (C=O) groups excluding carboxylic acids is 1. The second-order valence-corrected chi connectivity index (χ2v) is 12.1. The summed E-state index contributed by atoms with van der Waals surface area (Å²) in [7, 11) is 0. The third kappa shape index (κ3) is 6.28. The molecular weight excluding hydrogens is 542 g/mol. The average Bonchev–Trinajstić information content (AvgIpc) is 2.90. The number of amides is 1. The summed E-state index contributed by atoms with van der Waals surface area (Å²) < 4.78 is 1.06. The number of hydrogen-bond acceptors (Lipinski definition) is 6. The maximum atomic E-state index is 13.5. The van der Waals surface area contributed by atoms with E-state index in [9.17, 15) is 4.79 Å². The number of benzene rings is 1. The van der Waals surface area contributed by atoms with E-state index in [2.05, 4.69) is 81.0 Å². The highest BCUT2D eigenvalue weighted by Gasteiger charge is 2.39. The van der Waals surface area contributed by atoms with Gasteiger partial charge in [-0.05, 0) is 84.2 Å². The standard InChI is InChI=1S/C30H42BrN5O2/c1-7-38-34-27(23-8-10-25(31)11-9-23)24-12-16-36(17-13-24)30(6)14-18-35(19-15-30)29(37)26-21(4)32-28(20(2)3)33-22(26)5/h8-11,20,24H,7,12-19H2,1-6H3/b34-27-. The predicted octanol–water partition coefficient (Wildman–Crippen LogP) is 6.13. The molecular formula is C30H42BrN5O2. The first-order valence-electron chi connectivity index (χ1n) is 14.0. The van der Waals surface area contributed by atoms with Gasteiger partial charge in [-0.1, -0.05) is 47.1 Å². The Kier molecular flexibility index (Phi) is 9.24. The van der Waals surface area contributed by atoms with Gasteiger partial charge >= 0.3 is 0 Å². The van der Waals surface area contributed by atoms with Gasteiger partial charge in [0.15, 0.2) is 0 Å². The number of carbonyl (C=O) groups is 1. The first-order valence-corrected chi connectivity index (χ1v) is 14.8. The number of piperidine rings is 2. The number of oxime groups is 1. The Morgan fingerprint density at radius 1 is 1.08 bits per heavy atom. The topological polar surface area (TPSA) is 70.9 Å². The van der Waals surface area contributed by atoms with E-state index in [0.29, 0.717) is 18.1 Å². The lowest BCUT2D eigenvalue weighted by Crippen LogP contribution is -2.56. The summed E-state index contributed by atoms with van der Waals surface area (Å²) in [5.74, 6) is 1.50. The molecule has 1 aromatic heterocycles. The Balaban J connectivity index is 1.38. The third-order valence-electron chi connectivity index (χ3n) is 8.22. The van der Waals surface area contributed by atoms with Gasteiger partial charge in [0, 0.05) is 34.9 Å². The number of hydrogen-bond donors (Lipinski definition) is 0. The van der Waals surface area contributed by atoms with Crippen LogP contribution in [0.15, 0.2) is 33.9 Å². The maximum Gasteiger partial charge on any atom is 0.257 e. The molecule has 0 bridgehead atoms. The van der Waals surface area contributed by atoms with Gasteiger partial charge in [0.05, 0.1) is 22.7 Å². The van der Waals surface area contributed by atoms with Crippen LogP contribution in [-0.2, 0) is 4.84 Å². The summed E-state index contributed by atoms with van der Waals surface area (Å²) in [6.07, 6.45) is 4.05. The fraction of sp³-hybridized carbons (Fsp3) is 0.600. The number of rotatable bonds is 7. The molecule has 0 atom stereocenters. The molecule has 0 saturated carbocycles. The van der Waals surface area contributed by atoms with Crippen LogP contribution >= 0.6 is 15.9 Å². The highest BCUT2D eigenvalue weighted by molar-refractivity contribution is 9.10. The number of likely N-dealkylation sites (tertiary alicyclic amines) is 2. The van der Waals surface area contributed by atoms with Crippen molar-refractivity contribution >= 4 is 27.5 Å². The van der Waals surface area contributed by atoms with Gasteiger partial charge < -0.3 is 9.74 Å². The molecule has 0 spiro atoms. The second-order valence-electron chi connectivity index (χ2n) is 11.2. The van der Waals surface area contributed by atoms with Crippen LogP contribution in [0.4, 0.5) is 0 Å². The summed E-state index contributed by atoms with van der Waals surface area (Å²) >= 11 is 3.53. The van der Waals surface area contributed by atoms with Gasteiger partial charge in [-0.3, -0.25) is 9.69 Å². The molecule has 7 nitrogen and oxygen atoms in total. The monoisotopic (exact) mass is 583 g/mol. The molecule has 2 aliphatic rings. The zero-order chi connectivity index (χ0) is 27.4. The van der Waals surface area contributed by atoms with E-state index in [1.807, 2.05) is 25.7 Å². The van der Waals surface area contributed by atoms with Crippen molar-refractivity contribution in [2.45, 2.75) is 78.7 Å². The van der Waals surface area contributed by atoms with E-state index in [1.165, 1.54) is 0 Å². The molecule has 8 heteroatoms. The highest BCUT2D eigenvalue weighted by Crippen LogP contribution is 2.34. The van der Waals surface area contributed by atoms with E-state index in [1.54, 1.807) is 0 Å². The Bertz CT molecular complexity index is 1120. The highest BCUT2D eigenvalue weighted by atomic mass is 79.9. The molecule has 2 aromatic rings. The quantitative estimate of drug-likeness (QED) is 0.290. The Morgan fingerprint density at radius 3 is 2.18 bits per heavy atom. The van der Waals surface area contributed by atoms with Crippen molar-refractivity contribution in [2.24, 2.45) is 11.1 Å². The van der Waals surface area contributed by atoms with E-state index in [4.69, 9.17) is 4.84 Å². The molecule has 2 aliphatic heterocycles. The van der Waals surface area contributed by atoms with Crippen LogP contribution in [0.2, 0.25) is 0 Å². The molecule has 206 valence electrons. The molecule has 0 radical (unpaired) electrons. The molecule has 0 unspecified atom stereocenters. The molecule has 1 aromatic carbocycles. The fourth-order valence-corrected chi connectivity index (χ4v) is 6.05. The van der Waals surface area contributed by atoms with Gasteiger partial charge in [-0.15, -0.1) is 0 Å². The van der Waals surface area contributed by atoms with Crippen LogP contribution in [-0.4, -0.2) is 69.7 Å². The summed E-state index contributed by atoms with van der Waals surface area (Å²) in [5, 5.41) is 4.54. The van der Waals surface area contributed by atoms with Gasteiger partial charge in [0.1, 0.15) is 12.4 Å². The van der Waals surface area contributed by atoms with Crippen molar-refractivity contribution in [3.63, 3.8) is 0 Å². The molecule has 0 N–H and O–H groups in total. The molecule has 2 saturated heterocycles. The van der Waals surface area contributed by atoms with Crippen LogP contribution in [0.5, 0.6) is 0 Å². The SMILES string of the molecule is CCO/N=C(/c1ccc(Br)cc1)C1CCN(C2(C)CCN(C(=O)c3c(C)nc(C(C)C)nc3C)CC2)CC1.